The summed E-state index contributed by atoms with van der Waals surface area (Å²) in [4.78, 5) is 11.6. The fourth-order valence-corrected chi connectivity index (χ4v) is 1.46. The van der Waals surface area contributed by atoms with Crippen LogP contribution in [-0.2, 0) is 16.1 Å². The van der Waals surface area contributed by atoms with Crippen molar-refractivity contribution in [3.05, 3.63) is 29.6 Å². The number of aliphatic hydroxyl groups is 1. The second-order valence-corrected chi connectivity index (χ2v) is 4.00. The van der Waals surface area contributed by atoms with Gasteiger partial charge in [-0.2, -0.15) is 0 Å². The fourth-order valence-electron chi connectivity index (χ4n) is 1.46. The van der Waals surface area contributed by atoms with Gasteiger partial charge in [-0.3, -0.25) is 4.79 Å². The van der Waals surface area contributed by atoms with Crippen LogP contribution in [0.3, 0.4) is 0 Å². The Morgan fingerprint density at radius 3 is 2.84 bits per heavy atom. The quantitative estimate of drug-likeness (QED) is 0.721. The van der Waals surface area contributed by atoms with Crippen molar-refractivity contribution >= 4 is 5.91 Å². The predicted octanol–water partition coefficient (Wildman–Crippen LogP) is 0.848. The van der Waals surface area contributed by atoms with Gasteiger partial charge in [-0.25, -0.2) is 4.39 Å². The molecule has 1 amide bonds. The normalized spacial score (nSPS) is 12.0. The van der Waals surface area contributed by atoms with Crippen LogP contribution in [0.15, 0.2) is 18.2 Å². The van der Waals surface area contributed by atoms with Gasteiger partial charge < -0.3 is 19.9 Å². The summed E-state index contributed by atoms with van der Waals surface area (Å²) < 4.78 is 23.3. The van der Waals surface area contributed by atoms with Gasteiger partial charge in [-0.15, -0.1) is 0 Å². The Hall–Kier alpha value is -1.66. The third kappa shape index (κ3) is 5.23. The molecule has 0 aliphatic carbocycles. The standard InChI is InChI=1S/C13H18FNO4/c1-9(13(17)15-3-4-18-2)19-12-6-10(8-16)5-11(14)7-12/h5-7,9,16H,3-4,8H2,1-2H3,(H,15,17). The van der Waals surface area contributed by atoms with Crippen molar-refractivity contribution in [2.75, 3.05) is 20.3 Å². The lowest BCUT2D eigenvalue weighted by Crippen LogP contribution is -2.37. The number of carbonyl (C=O) groups excluding carboxylic acids is 1. The minimum absolute atomic E-state index is 0.207. The molecule has 0 aliphatic heterocycles. The zero-order valence-corrected chi connectivity index (χ0v) is 11.0. The Morgan fingerprint density at radius 2 is 2.21 bits per heavy atom. The van der Waals surface area contributed by atoms with E-state index in [4.69, 9.17) is 14.6 Å². The van der Waals surface area contributed by atoms with E-state index in [-0.39, 0.29) is 18.3 Å². The first-order valence-electron chi connectivity index (χ1n) is 5.90. The molecule has 0 saturated heterocycles. The molecule has 0 heterocycles. The molecule has 6 heteroatoms. The number of rotatable bonds is 7. The molecule has 1 atom stereocenters. The number of halogens is 1. The topological polar surface area (TPSA) is 67.8 Å². The van der Waals surface area contributed by atoms with Gasteiger partial charge in [0.2, 0.25) is 0 Å². The average Bonchev–Trinajstić information content (AvgIpc) is 2.38. The van der Waals surface area contributed by atoms with Gasteiger partial charge in [-0.1, -0.05) is 0 Å². The van der Waals surface area contributed by atoms with Crippen LogP contribution in [-0.4, -0.2) is 37.4 Å². The van der Waals surface area contributed by atoms with Crippen molar-refractivity contribution < 1.29 is 23.8 Å². The summed E-state index contributed by atoms with van der Waals surface area (Å²) in [7, 11) is 1.54. The number of nitrogens with one attached hydrogen (secondary N) is 1. The maximum absolute atomic E-state index is 13.2. The third-order valence-electron chi connectivity index (χ3n) is 2.40. The number of hydrogen-bond donors (Lipinski definition) is 2. The molecule has 2 N–H and O–H groups in total. The Labute approximate surface area is 111 Å². The van der Waals surface area contributed by atoms with Crippen LogP contribution < -0.4 is 10.1 Å². The van der Waals surface area contributed by atoms with Crippen molar-refractivity contribution in [3.63, 3.8) is 0 Å². The highest BCUT2D eigenvalue weighted by molar-refractivity contribution is 5.80. The number of benzene rings is 1. The monoisotopic (exact) mass is 271 g/mol. The van der Waals surface area contributed by atoms with Gasteiger partial charge in [0.1, 0.15) is 11.6 Å². The van der Waals surface area contributed by atoms with Crippen molar-refractivity contribution in [1.29, 1.82) is 0 Å². The first-order chi connectivity index (χ1) is 9.06. The second kappa shape index (κ2) is 7.70. The summed E-state index contributed by atoms with van der Waals surface area (Å²) in [5.74, 6) is -0.626. The smallest absolute Gasteiger partial charge is 0.260 e. The van der Waals surface area contributed by atoms with Crippen LogP contribution >= 0.6 is 0 Å². The molecule has 0 radical (unpaired) electrons. The van der Waals surface area contributed by atoms with E-state index in [9.17, 15) is 9.18 Å². The first-order valence-corrected chi connectivity index (χ1v) is 5.90. The summed E-state index contributed by atoms with van der Waals surface area (Å²) in [5, 5.41) is 11.6. The lowest BCUT2D eigenvalue weighted by molar-refractivity contribution is -0.127. The number of ether oxygens (including phenoxy) is 2. The Bertz CT molecular complexity index is 425. The molecule has 5 nitrogen and oxygen atoms in total. The van der Waals surface area contributed by atoms with Crippen molar-refractivity contribution in [1.82, 2.24) is 5.32 Å². The zero-order chi connectivity index (χ0) is 14.3. The maximum Gasteiger partial charge on any atom is 0.260 e. The molecule has 0 fully saturated rings. The molecular weight excluding hydrogens is 253 g/mol. The molecule has 106 valence electrons. The molecule has 0 aromatic heterocycles. The number of methoxy groups -OCH3 is 1. The summed E-state index contributed by atoms with van der Waals surface area (Å²) in [6, 6.07) is 3.86. The zero-order valence-electron chi connectivity index (χ0n) is 11.0. The van der Waals surface area contributed by atoms with E-state index in [1.807, 2.05) is 0 Å². The molecule has 1 unspecified atom stereocenters. The maximum atomic E-state index is 13.2. The Morgan fingerprint density at radius 1 is 1.47 bits per heavy atom. The molecule has 0 spiro atoms. The molecule has 19 heavy (non-hydrogen) atoms. The van der Waals surface area contributed by atoms with Crippen LogP contribution in [0.5, 0.6) is 5.75 Å². The average molecular weight is 271 g/mol. The molecule has 0 saturated carbocycles. The van der Waals surface area contributed by atoms with Gasteiger partial charge in [0, 0.05) is 19.7 Å². The van der Waals surface area contributed by atoms with E-state index in [1.165, 1.54) is 19.2 Å². The van der Waals surface area contributed by atoms with Gasteiger partial charge >= 0.3 is 0 Å². The van der Waals surface area contributed by atoms with Gasteiger partial charge in [0.15, 0.2) is 6.10 Å². The predicted molar refractivity (Wildman–Crippen MR) is 67.3 cm³/mol. The Kier molecular flexibility index (Phi) is 6.24. The van der Waals surface area contributed by atoms with E-state index in [2.05, 4.69) is 5.32 Å². The minimum atomic E-state index is -0.759. The van der Waals surface area contributed by atoms with Crippen LogP contribution in [0.1, 0.15) is 12.5 Å². The number of hydrogen-bond acceptors (Lipinski definition) is 4. The lowest BCUT2D eigenvalue weighted by atomic mass is 10.2. The van der Waals surface area contributed by atoms with Crippen molar-refractivity contribution in [2.45, 2.75) is 19.6 Å². The highest BCUT2D eigenvalue weighted by Gasteiger charge is 2.14. The van der Waals surface area contributed by atoms with E-state index >= 15 is 0 Å². The van der Waals surface area contributed by atoms with Gasteiger partial charge in [0.05, 0.1) is 13.2 Å². The molecular formula is C13H18FNO4. The van der Waals surface area contributed by atoms with Crippen LogP contribution in [0.2, 0.25) is 0 Å². The number of amides is 1. The molecule has 1 aromatic rings. The van der Waals surface area contributed by atoms with Crippen LogP contribution in [0.4, 0.5) is 4.39 Å². The number of aliphatic hydroxyl groups excluding tert-OH is 1. The minimum Gasteiger partial charge on any atom is -0.481 e. The lowest BCUT2D eigenvalue weighted by Gasteiger charge is -2.15. The van der Waals surface area contributed by atoms with E-state index in [0.29, 0.717) is 18.7 Å². The van der Waals surface area contributed by atoms with Crippen LogP contribution in [0.25, 0.3) is 0 Å². The highest BCUT2D eigenvalue weighted by atomic mass is 19.1. The molecule has 0 aliphatic rings. The highest BCUT2D eigenvalue weighted by Crippen LogP contribution is 2.17. The van der Waals surface area contributed by atoms with Crippen LogP contribution in [0, 0.1) is 5.82 Å². The molecule has 1 rings (SSSR count). The van der Waals surface area contributed by atoms with E-state index in [1.54, 1.807) is 6.92 Å². The molecule has 0 bridgehead atoms. The summed E-state index contributed by atoms with van der Waals surface area (Å²) in [5.41, 5.74) is 0.391. The van der Waals surface area contributed by atoms with E-state index < -0.39 is 11.9 Å². The second-order valence-electron chi connectivity index (χ2n) is 4.00. The van der Waals surface area contributed by atoms with Gasteiger partial charge in [0.25, 0.3) is 5.91 Å². The van der Waals surface area contributed by atoms with Crippen molar-refractivity contribution in [2.24, 2.45) is 0 Å². The number of carbonyl (C=O) groups is 1. The summed E-state index contributed by atoms with van der Waals surface area (Å²) in [6.45, 7) is 2.06. The SMILES string of the molecule is COCCNC(=O)C(C)Oc1cc(F)cc(CO)c1. The van der Waals surface area contributed by atoms with Gasteiger partial charge in [-0.05, 0) is 24.6 Å². The van der Waals surface area contributed by atoms with Crippen molar-refractivity contribution in [3.8, 4) is 5.75 Å². The summed E-state index contributed by atoms with van der Waals surface area (Å²) in [6.07, 6.45) is -0.759. The fraction of sp³-hybridized carbons (Fsp3) is 0.462. The summed E-state index contributed by atoms with van der Waals surface area (Å²) >= 11 is 0. The largest absolute Gasteiger partial charge is 0.481 e. The third-order valence-corrected chi connectivity index (χ3v) is 2.40. The van der Waals surface area contributed by atoms with E-state index in [0.717, 1.165) is 6.07 Å². The molecule has 1 aromatic carbocycles. The Balaban J connectivity index is 2.58. The first kappa shape index (κ1) is 15.4.